The summed E-state index contributed by atoms with van der Waals surface area (Å²) in [7, 11) is 0. The van der Waals surface area contributed by atoms with Crippen molar-refractivity contribution in [2.24, 2.45) is 5.41 Å². The maximum Gasteiger partial charge on any atom is 0.0594 e. The lowest BCUT2D eigenvalue weighted by atomic mass is 9.87. The van der Waals surface area contributed by atoms with Crippen LogP contribution < -0.4 is 0 Å². The van der Waals surface area contributed by atoms with E-state index in [-0.39, 0.29) is 0 Å². The third kappa shape index (κ3) is 1.96. The first-order valence-corrected chi connectivity index (χ1v) is 5.85. The van der Waals surface area contributed by atoms with Gasteiger partial charge in [0.2, 0.25) is 0 Å². The second kappa shape index (κ2) is 3.49. The summed E-state index contributed by atoms with van der Waals surface area (Å²) in [6.07, 6.45) is 4.08. The van der Waals surface area contributed by atoms with E-state index >= 15 is 0 Å². The molecule has 2 nitrogen and oxygen atoms in total. The minimum absolute atomic E-state index is 0.452. The second-order valence-electron chi connectivity index (χ2n) is 5.94. The Morgan fingerprint density at radius 2 is 1.64 bits per heavy atom. The molecule has 1 unspecified atom stereocenters. The van der Waals surface area contributed by atoms with Gasteiger partial charge in [0.05, 0.1) is 13.2 Å². The van der Waals surface area contributed by atoms with Crippen molar-refractivity contribution in [3.8, 4) is 0 Å². The number of ether oxygens (including phenoxy) is 1. The van der Waals surface area contributed by atoms with Crippen LogP contribution >= 0.6 is 0 Å². The van der Waals surface area contributed by atoms with Gasteiger partial charge in [0.15, 0.2) is 0 Å². The van der Waals surface area contributed by atoms with Gasteiger partial charge in [0, 0.05) is 18.6 Å². The fraction of sp³-hybridized carbons (Fsp3) is 1.00. The second-order valence-corrected chi connectivity index (χ2v) is 5.94. The van der Waals surface area contributed by atoms with E-state index in [1.165, 1.54) is 19.3 Å². The van der Waals surface area contributed by atoms with Gasteiger partial charge in [-0.25, -0.2) is 0 Å². The van der Waals surface area contributed by atoms with Gasteiger partial charge in [0.25, 0.3) is 0 Å². The van der Waals surface area contributed by atoms with Crippen molar-refractivity contribution < 1.29 is 4.74 Å². The van der Waals surface area contributed by atoms with E-state index in [0.29, 0.717) is 11.0 Å². The van der Waals surface area contributed by atoms with Crippen molar-refractivity contribution in [2.75, 3.05) is 26.3 Å². The lowest BCUT2D eigenvalue weighted by molar-refractivity contribution is -0.0171. The van der Waals surface area contributed by atoms with E-state index < -0.39 is 0 Å². The van der Waals surface area contributed by atoms with Crippen molar-refractivity contribution in [3.63, 3.8) is 0 Å². The van der Waals surface area contributed by atoms with E-state index in [1.54, 1.807) is 0 Å². The highest BCUT2D eigenvalue weighted by atomic mass is 16.5. The van der Waals surface area contributed by atoms with Crippen molar-refractivity contribution in [1.29, 1.82) is 0 Å². The van der Waals surface area contributed by atoms with Crippen LogP contribution in [0, 0.1) is 5.41 Å². The van der Waals surface area contributed by atoms with Crippen LogP contribution in [0.3, 0.4) is 0 Å². The van der Waals surface area contributed by atoms with E-state index in [1.807, 2.05) is 0 Å². The Hall–Kier alpha value is -0.0800. The molecule has 0 bridgehead atoms. The highest BCUT2D eigenvalue weighted by Crippen LogP contribution is 2.46. The van der Waals surface area contributed by atoms with Crippen LogP contribution in [0.2, 0.25) is 0 Å². The molecule has 1 atom stereocenters. The molecular weight excluding hydrogens is 174 g/mol. The first-order valence-electron chi connectivity index (χ1n) is 5.85. The SMILES string of the molecule is CC1(C)CCC(C)(N2CCOCC2)C1. The maximum absolute atomic E-state index is 5.41. The summed E-state index contributed by atoms with van der Waals surface area (Å²) in [6.45, 7) is 11.4. The maximum atomic E-state index is 5.41. The molecule has 0 spiro atoms. The Kier molecular flexibility index (Phi) is 2.61. The standard InChI is InChI=1S/C12H23NO/c1-11(2)4-5-12(3,10-11)13-6-8-14-9-7-13/h4-10H2,1-3H3. The van der Waals surface area contributed by atoms with Crippen LogP contribution in [0.15, 0.2) is 0 Å². The Labute approximate surface area is 87.6 Å². The predicted octanol–water partition coefficient (Wildman–Crippen LogP) is 2.29. The van der Waals surface area contributed by atoms with Gasteiger partial charge in [0.1, 0.15) is 0 Å². The first kappa shape index (κ1) is 10.4. The molecule has 2 aliphatic rings. The lowest BCUT2D eigenvalue weighted by Gasteiger charge is -2.41. The quantitative estimate of drug-likeness (QED) is 0.639. The van der Waals surface area contributed by atoms with Gasteiger partial charge in [-0.05, 0) is 31.6 Å². The predicted molar refractivity (Wildman–Crippen MR) is 58.4 cm³/mol. The van der Waals surface area contributed by atoms with Crippen LogP contribution in [0.25, 0.3) is 0 Å². The molecule has 1 aliphatic heterocycles. The Morgan fingerprint density at radius 3 is 2.14 bits per heavy atom. The molecule has 0 radical (unpaired) electrons. The van der Waals surface area contributed by atoms with Crippen molar-refractivity contribution in [2.45, 2.75) is 45.6 Å². The number of hydrogen-bond acceptors (Lipinski definition) is 2. The molecule has 82 valence electrons. The molecule has 1 saturated carbocycles. The molecule has 2 heteroatoms. The van der Waals surface area contributed by atoms with Crippen molar-refractivity contribution >= 4 is 0 Å². The molecule has 2 fully saturated rings. The monoisotopic (exact) mass is 197 g/mol. The minimum Gasteiger partial charge on any atom is -0.379 e. The van der Waals surface area contributed by atoms with E-state index in [4.69, 9.17) is 4.74 Å². The Bertz CT molecular complexity index is 208. The van der Waals surface area contributed by atoms with Crippen molar-refractivity contribution in [3.05, 3.63) is 0 Å². The fourth-order valence-electron chi connectivity index (χ4n) is 3.19. The Balaban J connectivity index is 2.01. The first-order chi connectivity index (χ1) is 6.52. The van der Waals surface area contributed by atoms with Crippen LogP contribution in [0.5, 0.6) is 0 Å². The van der Waals surface area contributed by atoms with E-state index in [0.717, 1.165) is 26.3 Å². The van der Waals surface area contributed by atoms with Crippen LogP contribution in [0.1, 0.15) is 40.0 Å². The molecule has 1 heterocycles. The van der Waals surface area contributed by atoms with Gasteiger partial charge < -0.3 is 4.74 Å². The lowest BCUT2D eigenvalue weighted by Crippen LogP contribution is -2.50. The average molecular weight is 197 g/mol. The summed E-state index contributed by atoms with van der Waals surface area (Å²) < 4.78 is 5.41. The zero-order valence-electron chi connectivity index (χ0n) is 9.81. The van der Waals surface area contributed by atoms with Gasteiger partial charge >= 0.3 is 0 Å². The van der Waals surface area contributed by atoms with Gasteiger partial charge in [-0.3, -0.25) is 4.90 Å². The van der Waals surface area contributed by atoms with Crippen molar-refractivity contribution in [1.82, 2.24) is 4.90 Å². The highest BCUT2D eigenvalue weighted by Gasteiger charge is 2.43. The highest BCUT2D eigenvalue weighted by molar-refractivity contribution is 4.98. The zero-order valence-corrected chi connectivity index (χ0v) is 9.81. The normalized spacial score (nSPS) is 38.8. The van der Waals surface area contributed by atoms with Gasteiger partial charge in [-0.2, -0.15) is 0 Å². The largest absolute Gasteiger partial charge is 0.379 e. The summed E-state index contributed by atoms with van der Waals surface area (Å²) in [6, 6.07) is 0. The molecule has 1 aliphatic carbocycles. The molecule has 0 aromatic carbocycles. The smallest absolute Gasteiger partial charge is 0.0594 e. The summed E-state index contributed by atoms with van der Waals surface area (Å²) in [4.78, 5) is 2.64. The van der Waals surface area contributed by atoms with Gasteiger partial charge in [-0.1, -0.05) is 13.8 Å². The summed E-state index contributed by atoms with van der Waals surface area (Å²) in [5, 5.41) is 0. The molecule has 0 N–H and O–H groups in total. The van der Waals surface area contributed by atoms with Crippen LogP contribution in [-0.2, 0) is 4.74 Å². The average Bonchev–Trinajstić information content (AvgIpc) is 2.44. The van der Waals surface area contributed by atoms with E-state index in [2.05, 4.69) is 25.7 Å². The topological polar surface area (TPSA) is 12.5 Å². The molecule has 0 amide bonds. The number of hydrogen-bond donors (Lipinski definition) is 0. The molecular formula is C12H23NO. The molecule has 0 aromatic rings. The summed E-state index contributed by atoms with van der Waals surface area (Å²) in [5.74, 6) is 0. The summed E-state index contributed by atoms with van der Waals surface area (Å²) >= 11 is 0. The minimum atomic E-state index is 0.452. The molecule has 2 rings (SSSR count). The summed E-state index contributed by atoms with van der Waals surface area (Å²) in [5.41, 5.74) is 1.00. The third-order valence-electron chi connectivity index (χ3n) is 3.97. The van der Waals surface area contributed by atoms with Crippen LogP contribution in [-0.4, -0.2) is 36.7 Å². The number of rotatable bonds is 1. The molecule has 14 heavy (non-hydrogen) atoms. The van der Waals surface area contributed by atoms with E-state index in [9.17, 15) is 0 Å². The number of nitrogens with zero attached hydrogens (tertiary/aromatic N) is 1. The third-order valence-corrected chi connectivity index (χ3v) is 3.97. The Morgan fingerprint density at radius 1 is 1.00 bits per heavy atom. The van der Waals surface area contributed by atoms with Gasteiger partial charge in [-0.15, -0.1) is 0 Å². The molecule has 1 saturated heterocycles. The number of morpholine rings is 1. The fourth-order valence-corrected chi connectivity index (χ4v) is 3.19. The zero-order chi connectivity index (χ0) is 10.2. The van der Waals surface area contributed by atoms with Crippen LogP contribution in [0.4, 0.5) is 0 Å². The molecule has 0 aromatic heterocycles.